The molecule has 0 aliphatic carbocycles. The first-order chi connectivity index (χ1) is 6.50. The molecule has 1 unspecified atom stereocenters. The maximum atomic E-state index is 12.7. The summed E-state index contributed by atoms with van der Waals surface area (Å²) >= 11 is 0.968. The van der Waals surface area contributed by atoms with Crippen LogP contribution in [0, 0.1) is 11.6 Å². The van der Waals surface area contributed by atoms with E-state index < -0.39 is 22.9 Å². The normalized spacial score (nSPS) is 12.5. The SMILES string of the molecule is CC(Sc1ccc(F)c(F)c1)C(=O)O. The molecule has 2 nitrogen and oxygen atoms in total. The van der Waals surface area contributed by atoms with Crippen LogP contribution in [0.5, 0.6) is 0 Å². The van der Waals surface area contributed by atoms with Gasteiger partial charge in [0.25, 0.3) is 0 Å². The van der Waals surface area contributed by atoms with Crippen molar-refractivity contribution >= 4 is 17.7 Å². The number of rotatable bonds is 3. The van der Waals surface area contributed by atoms with Gasteiger partial charge >= 0.3 is 5.97 Å². The summed E-state index contributed by atoms with van der Waals surface area (Å²) < 4.78 is 25.2. The van der Waals surface area contributed by atoms with Crippen molar-refractivity contribution in [3.05, 3.63) is 29.8 Å². The first-order valence-corrected chi connectivity index (χ1v) is 4.73. The van der Waals surface area contributed by atoms with E-state index in [1.807, 2.05) is 0 Å². The van der Waals surface area contributed by atoms with E-state index in [0.29, 0.717) is 4.90 Å². The minimum absolute atomic E-state index is 0.402. The van der Waals surface area contributed by atoms with E-state index in [2.05, 4.69) is 0 Å². The van der Waals surface area contributed by atoms with E-state index in [1.54, 1.807) is 0 Å². The van der Waals surface area contributed by atoms with Crippen molar-refractivity contribution in [3.63, 3.8) is 0 Å². The average molecular weight is 218 g/mol. The van der Waals surface area contributed by atoms with Gasteiger partial charge in [0.1, 0.15) is 5.25 Å². The Hall–Kier alpha value is -1.10. The molecule has 1 aromatic carbocycles. The van der Waals surface area contributed by atoms with Gasteiger partial charge in [0.05, 0.1) is 0 Å². The van der Waals surface area contributed by atoms with Crippen molar-refractivity contribution in [1.29, 1.82) is 0 Å². The van der Waals surface area contributed by atoms with Crippen LogP contribution in [0.1, 0.15) is 6.92 Å². The van der Waals surface area contributed by atoms with E-state index in [0.717, 1.165) is 23.9 Å². The average Bonchev–Trinajstić information content (AvgIpc) is 2.11. The Kier molecular flexibility index (Phi) is 3.46. The topological polar surface area (TPSA) is 37.3 Å². The molecule has 76 valence electrons. The fourth-order valence-corrected chi connectivity index (χ4v) is 1.63. The summed E-state index contributed by atoms with van der Waals surface area (Å²) in [6.07, 6.45) is 0. The molecule has 0 saturated carbocycles. The Morgan fingerprint density at radius 1 is 1.43 bits per heavy atom. The number of thioether (sulfide) groups is 1. The highest BCUT2D eigenvalue weighted by molar-refractivity contribution is 8.00. The lowest BCUT2D eigenvalue weighted by Gasteiger charge is -2.05. The van der Waals surface area contributed by atoms with Gasteiger partial charge in [-0.05, 0) is 25.1 Å². The predicted molar refractivity (Wildman–Crippen MR) is 49.3 cm³/mol. The van der Waals surface area contributed by atoms with Crippen molar-refractivity contribution in [2.75, 3.05) is 0 Å². The summed E-state index contributed by atoms with van der Waals surface area (Å²) in [5, 5.41) is 7.90. The van der Waals surface area contributed by atoms with Gasteiger partial charge in [0, 0.05) is 4.90 Å². The third-order valence-electron chi connectivity index (χ3n) is 1.55. The number of carbonyl (C=O) groups is 1. The molecule has 0 bridgehead atoms. The van der Waals surface area contributed by atoms with E-state index in [4.69, 9.17) is 5.11 Å². The van der Waals surface area contributed by atoms with Crippen LogP contribution in [0.2, 0.25) is 0 Å². The molecule has 0 aliphatic rings. The van der Waals surface area contributed by atoms with Gasteiger partial charge in [0.15, 0.2) is 11.6 Å². The maximum absolute atomic E-state index is 12.7. The predicted octanol–water partition coefficient (Wildman–Crippen LogP) is 2.53. The van der Waals surface area contributed by atoms with Crippen LogP contribution in [-0.2, 0) is 4.79 Å². The Morgan fingerprint density at radius 2 is 2.07 bits per heavy atom. The van der Waals surface area contributed by atoms with Gasteiger partial charge < -0.3 is 5.11 Å². The minimum atomic E-state index is -0.986. The highest BCUT2D eigenvalue weighted by Gasteiger charge is 2.13. The van der Waals surface area contributed by atoms with Gasteiger partial charge in [-0.2, -0.15) is 0 Å². The zero-order chi connectivity index (χ0) is 10.7. The maximum Gasteiger partial charge on any atom is 0.316 e. The molecule has 0 saturated heterocycles. The van der Waals surface area contributed by atoms with E-state index >= 15 is 0 Å². The second-order valence-corrected chi connectivity index (χ2v) is 4.09. The fourth-order valence-electron chi connectivity index (χ4n) is 0.805. The summed E-state index contributed by atoms with van der Waals surface area (Å²) in [6, 6.07) is 3.31. The Balaban J connectivity index is 2.78. The van der Waals surface area contributed by atoms with E-state index in [1.165, 1.54) is 13.0 Å². The van der Waals surface area contributed by atoms with Crippen LogP contribution in [0.25, 0.3) is 0 Å². The zero-order valence-corrected chi connectivity index (χ0v) is 8.15. The first kappa shape index (κ1) is 11.0. The number of benzene rings is 1. The molecule has 14 heavy (non-hydrogen) atoms. The molecule has 0 amide bonds. The monoisotopic (exact) mass is 218 g/mol. The van der Waals surface area contributed by atoms with Crippen molar-refractivity contribution in [2.45, 2.75) is 17.1 Å². The molecule has 0 spiro atoms. The van der Waals surface area contributed by atoms with Gasteiger partial charge in [-0.15, -0.1) is 11.8 Å². The molecular weight excluding hydrogens is 210 g/mol. The lowest BCUT2D eigenvalue weighted by molar-refractivity contribution is -0.136. The van der Waals surface area contributed by atoms with Crippen LogP contribution < -0.4 is 0 Å². The summed E-state index contributed by atoms with van der Waals surface area (Å²) in [5.41, 5.74) is 0. The molecular formula is C9H8F2O2S. The van der Waals surface area contributed by atoms with Crippen LogP contribution in [0.3, 0.4) is 0 Å². The van der Waals surface area contributed by atoms with Crippen molar-refractivity contribution in [1.82, 2.24) is 0 Å². The molecule has 0 aromatic heterocycles. The lowest BCUT2D eigenvalue weighted by atomic mass is 10.3. The molecule has 0 fully saturated rings. The van der Waals surface area contributed by atoms with Crippen LogP contribution >= 0.6 is 11.8 Å². The number of halogens is 2. The zero-order valence-electron chi connectivity index (χ0n) is 7.33. The lowest BCUT2D eigenvalue weighted by Crippen LogP contribution is -2.11. The van der Waals surface area contributed by atoms with Gasteiger partial charge in [-0.25, -0.2) is 8.78 Å². The summed E-state index contributed by atoms with van der Waals surface area (Å²) in [5.74, 6) is -2.88. The number of aliphatic carboxylic acids is 1. The number of carboxylic acids is 1. The highest BCUT2D eigenvalue weighted by atomic mass is 32.2. The van der Waals surface area contributed by atoms with E-state index in [-0.39, 0.29) is 0 Å². The second kappa shape index (κ2) is 4.41. The van der Waals surface area contributed by atoms with Gasteiger partial charge in [0.2, 0.25) is 0 Å². The highest BCUT2D eigenvalue weighted by Crippen LogP contribution is 2.24. The van der Waals surface area contributed by atoms with Crippen LogP contribution in [0.4, 0.5) is 8.78 Å². The van der Waals surface area contributed by atoms with Gasteiger partial charge in [-0.1, -0.05) is 0 Å². The molecule has 1 N–H and O–H groups in total. The Bertz CT molecular complexity index is 355. The molecule has 0 radical (unpaired) electrons. The number of hydrogen-bond acceptors (Lipinski definition) is 2. The third kappa shape index (κ3) is 2.70. The summed E-state index contributed by atoms with van der Waals surface area (Å²) in [4.78, 5) is 10.9. The van der Waals surface area contributed by atoms with Crippen molar-refractivity contribution in [3.8, 4) is 0 Å². The minimum Gasteiger partial charge on any atom is -0.480 e. The molecule has 5 heteroatoms. The van der Waals surface area contributed by atoms with E-state index in [9.17, 15) is 13.6 Å². The molecule has 0 aliphatic heterocycles. The second-order valence-electron chi connectivity index (χ2n) is 2.67. The molecule has 1 atom stereocenters. The fraction of sp³-hybridized carbons (Fsp3) is 0.222. The Labute approximate surface area is 83.9 Å². The molecule has 1 rings (SSSR count). The Morgan fingerprint density at radius 3 is 2.57 bits per heavy atom. The summed E-state index contributed by atoms with van der Waals surface area (Å²) in [7, 11) is 0. The number of carboxylic acid groups (broad SMARTS) is 1. The van der Waals surface area contributed by atoms with Gasteiger partial charge in [-0.3, -0.25) is 4.79 Å². The van der Waals surface area contributed by atoms with Crippen LogP contribution in [0.15, 0.2) is 23.1 Å². The van der Waals surface area contributed by atoms with Crippen molar-refractivity contribution < 1.29 is 18.7 Å². The van der Waals surface area contributed by atoms with Crippen molar-refractivity contribution in [2.24, 2.45) is 0 Å². The van der Waals surface area contributed by atoms with Crippen LogP contribution in [-0.4, -0.2) is 16.3 Å². The first-order valence-electron chi connectivity index (χ1n) is 3.85. The summed E-state index contributed by atoms with van der Waals surface area (Å²) in [6.45, 7) is 1.48. The number of hydrogen-bond donors (Lipinski definition) is 1. The standard InChI is InChI=1S/C9H8F2O2S/c1-5(9(12)13)14-6-2-3-7(10)8(11)4-6/h2-5H,1H3,(H,12,13). The third-order valence-corrected chi connectivity index (χ3v) is 2.63. The quantitative estimate of drug-likeness (QED) is 0.792. The smallest absolute Gasteiger partial charge is 0.316 e. The molecule has 1 aromatic rings. The largest absolute Gasteiger partial charge is 0.480 e. The molecule has 0 heterocycles.